The van der Waals surface area contributed by atoms with Gasteiger partial charge in [0, 0.05) is 17.7 Å². The molecular formula is C22H30N4O. The molecule has 2 N–H and O–H groups in total. The van der Waals surface area contributed by atoms with Crippen LogP contribution in [-0.2, 0) is 0 Å². The summed E-state index contributed by atoms with van der Waals surface area (Å²) in [6, 6.07) is 10.0. The lowest BCUT2D eigenvalue weighted by atomic mass is 9.81. The second-order valence-electron chi connectivity index (χ2n) is 8.22. The van der Waals surface area contributed by atoms with Gasteiger partial charge in [-0.2, -0.15) is 5.10 Å². The van der Waals surface area contributed by atoms with Crippen molar-refractivity contribution in [3.05, 3.63) is 41.6 Å². The van der Waals surface area contributed by atoms with Gasteiger partial charge in [0.05, 0.1) is 11.2 Å². The maximum atomic E-state index is 13.2. The second-order valence-corrected chi connectivity index (χ2v) is 8.22. The van der Waals surface area contributed by atoms with E-state index in [9.17, 15) is 4.79 Å². The van der Waals surface area contributed by atoms with E-state index in [1.54, 1.807) is 0 Å². The summed E-state index contributed by atoms with van der Waals surface area (Å²) in [6.07, 6.45) is 8.39. The van der Waals surface area contributed by atoms with E-state index in [0.29, 0.717) is 5.69 Å². The van der Waals surface area contributed by atoms with E-state index in [4.69, 9.17) is 0 Å². The van der Waals surface area contributed by atoms with Crippen LogP contribution in [0.2, 0.25) is 0 Å². The fraction of sp³-hybridized carbons (Fsp3) is 0.545. The molecule has 1 amide bonds. The lowest BCUT2D eigenvalue weighted by molar-refractivity contribution is 0.0816. The van der Waals surface area contributed by atoms with Crippen molar-refractivity contribution in [2.24, 2.45) is 0 Å². The Balaban J connectivity index is 1.53. The summed E-state index contributed by atoms with van der Waals surface area (Å²) in [5.74, 6) is -0.0109. The van der Waals surface area contributed by atoms with Crippen LogP contribution in [-0.4, -0.2) is 46.2 Å². The molecular weight excluding hydrogens is 336 g/mol. The highest BCUT2D eigenvalue weighted by molar-refractivity contribution is 5.95. The number of carbonyl (C=O) groups is 1. The monoisotopic (exact) mass is 366 g/mol. The number of nitrogens with one attached hydrogen (secondary N) is 2. The molecule has 27 heavy (non-hydrogen) atoms. The largest absolute Gasteiger partial charge is 0.344 e. The zero-order valence-electron chi connectivity index (χ0n) is 16.3. The molecule has 2 aromatic rings. The molecule has 5 heteroatoms. The summed E-state index contributed by atoms with van der Waals surface area (Å²) in [7, 11) is 0. The zero-order chi connectivity index (χ0) is 18.7. The lowest BCUT2D eigenvalue weighted by Crippen LogP contribution is -2.56. The van der Waals surface area contributed by atoms with Gasteiger partial charge in [-0.15, -0.1) is 0 Å². The quantitative estimate of drug-likeness (QED) is 0.843. The van der Waals surface area contributed by atoms with E-state index in [1.807, 2.05) is 37.3 Å². The maximum absolute atomic E-state index is 13.2. The third-order valence-electron chi connectivity index (χ3n) is 6.20. The van der Waals surface area contributed by atoms with Crippen molar-refractivity contribution in [1.29, 1.82) is 0 Å². The third kappa shape index (κ3) is 3.93. The molecule has 2 fully saturated rings. The third-order valence-corrected chi connectivity index (χ3v) is 6.20. The molecule has 1 aliphatic heterocycles. The molecule has 2 heterocycles. The number of hydrogen-bond donors (Lipinski definition) is 2. The predicted octanol–water partition coefficient (Wildman–Crippen LogP) is 3.91. The van der Waals surface area contributed by atoms with E-state index in [1.165, 1.54) is 45.2 Å². The Hall–Kier alpha value is -2.14. The van der Waals surface area contributed by atoms with Crippen molar-refractivity contribution in [2.45, 2.75) is 57.4 Å². The summed E-state index contributed by atoms with van der Waals surface area (Å²) in [5.41, 5.74) is 3.32. The van der Waals surface area contributed by atoms with Crippen LogP contribution in [0.5, 0.6) is 0 Å². The molecule has 0 unspecified atom stereocenters. The van der Waals surface area contributed by atoms with Gasteiger partial charge in [0.1, 0.15) is 5.69 Å². The van der Waals surface area contributed by atoms with Gasteiger partial charge < -0.3 is 10.2 Å². The van der Waals surface area contributed by atoms with Crippen LogP contribution in [0, 0.1) is 6.92 Å². The van der Waals surface area contributed by atoms with Gasteiger partial charge >= 0.3 is 0 Å². The van der Waals surface area contributed by atoms with Crippen molar-refractivity contribution < 1.29 is 4.79 Å². The molecule has 0 radical (unpaired) electrons. The molecule has 1 aliphatic carbocycles. The summed E-state index contributed by atoms with van der Waals surface area (Å²) < 4.78 is 0. The number of rotatable bonds is 5. The molecule has 1 saturated heterocycles. The Bertz CT molecular complexity index is 771. The Morgan fingerprint density at radius 1 is 1.11 bits per heavy atom. The van der Waals surface area contributed by atoms with Gasteiger partial charge in [0.25, 0.3) is 5.91 Å². The molecule has 1 aromatic carbocycles. The van der Waals surface area contributed by atoms with Gasteiger partial charge in [-0.05, 0) is 45.7 Å². The average molecular weight is 367 g/mol. The molecule has 5 nitrogen and oxygen atoms in total. The highest BCUT2D eigenvalue weighted by Crippen LogP contribution is 2.31. The average Bonchev–Trinajstić information content (AvgIpc) is 3.32. The maximum Gasteiger partial charge on any atom is 0.270 e. The van der Waals surface area contributed by atoms with Crippen LogP contribution in [0.3, 0.4) is 0 Å². The molecule has 1 saturated carbocycles. The van der Waals surface area contributed by atoms with Gasteiger partial charge in [0.2, 0.25) is 0 Å². The SMILES string of the molecule is Cc1c(-c2ccccc2)n[nH]c1C(=O)NC1(CN2CCCC2)CCCCC1. The second kappa shape index (κ2) is 7.85. The number of benzene rings is 1. The first kappa shape index (κ1) is 18.2. The Labute approximate surface area is 161 Å². The van der Waals surface area contributed by atoms with Gasteiger partial charge in [-0.1, -0.05) is 49.6 Å². The van der Waals surface area contributed by atoms with E-state index in [-0.39, 0.29) is 11.4 Å². The summed E-state index contributed by atoms with van der Waals surface area (Å²) in [6.45, 7) is 5.30. The number of aromatic amines is 1. The van der Waals surface area contributed by atoms with E-state index in [0.717, 1.165) is 36.2 Å². The van der Waals surface area contributed by atoms with Crippen LogP contribution in [0.1, 0.15) is 61.0 Å². The first-order chi connectivity index (χ1) is 13.2. The number of nitrogens with zero attached hydrogens (tertiary/aromatic N) is 2. The minimum absolute atomic E-state index is 0.0109. The van der Waals surface area contributed by atoms with Crippen molar-refractivity contribution >= 4 is 5.91 Å². The molecule has 0 atom stereocenters. The van der Waals surface area contributed by atoms with Crippen molar-refractivity contribution in [3.8, 4) is 11.3 Å². The number of carbonyl (C=O) groups excluding carboxylic acids is 1. The van der Waals surface area contributed by atoms with Crippen LogP contribution < -0.4 is 5.32 Å². The summed E-state index contributed by atoms with van der Waals surface area (Å²) in [4.78, 5) is 15.7. The van der Waals surface area contributed by atoms with Crippen LogP contribution in [0.4, 0.5) is 0 Å². The smallest absolute Gasteiger partial charge is 0.270 e. The first-order valence-corrected chi connectivity index (χ1v) is 10.3. The molecule has 0 spiro atoms. The fourth-order valence-electron chi connectivity index (χ4n) is 4.72. The number of amides is 1. The van der Waals surface area contributed by atoms with E-state index < -0.39 is 0 Å². The molecule has 1 aromatic heterocycles. The predicted molar refractivity (Wildman–Crippen MR) is 108 cm³/mol. The summed E-state index contributed by atoms with van der Waals surface area (Å²) in [5, 5.41) is 10.9. The normalized spacial score (nSPS) is 19.9. The Morgan fingerprint density at radius 2 is 1.81 bits per heavy atom. The Morgan fingerprint density at radius 3 is 2.52 bits per heavy atom. The molecule has 2 aliphatic rings. The van der Waals surface area contributed by atoms with Crippen LogP contribution in [0.15, 0.2) is 30.3 Å². The highest BCUT2D eigenvalue weighted by atomic mass is 16.2. The minimum atomic E-state index is -0.0931. The van der Waals surface area contributed by atoms with Gasteiger partial charge in [-0.3, -0.25) is 9.89 Å². The van der Waals surface area contributed by atoms with Gasteiger partial charge in [0.15, 0.2) is 0 Å². The van der Waals surface area contributed by atoms with Crippen molar-refractivity contribution in [1.82, 2.24) is 20.4 Å². The van der Waals surface area contributed by atoms with E-state index >= 15 is 0 Å². The van der Waals surface area contributed by atoms with Crippen LogP contribution in [0.25, 0.3) is 11.3 Å². The number of H-pyrrole nitrogens is 1. The number of hydrogen-bond acceptors (Lipinski definition) is 3. The minimum Gasteiger partial charge on any atom is -0.344 e. The fourth-order valence-corrected chi connectivity index (χ4v) is 4.72. The Kier molecular flexibility index (Phi) is 5.30. The number of aromatic nitrogens is 2. The lowest BCUT2D eigenvalue weighted by Gasteiger charge is -2.40. The molecule has 0 bridgehead atoms. The topological polar surface area (TPSA) is 61.0 Å². The first-order valence-electron chi connectivity index (χ1n) is 10.3. The van der Waals surface area contributed by atoms with Crippen molar-refractivity contribution in [2.75, 3.05) is 19.6 Å². The zero-order valence-corrected chi connectivity index (χ0v) is 16.3. The molecule has 4 rings (SSSR count). The standard InChI is InChI=1S/C22H30N4O/c1-17-19(18-10-4-2-5-11-18)24-25-20(17)21(27)23-22(12-6-3-7-13-22)16-26-14-8-9-15-26/h2,4-5,10-11H,3,6-9,12-16H2,1H3,(H,23,27)(H,24,25). The van der Waals surface area contributed by atoms with Crippen molar-refractivity contribution in [3.63, 3.8) is 0 Å². The molecule has 144 valence electrons. The van der Waals surface area contributed by atoms with E-state index in [2.05, 4.69) is 20.4 Å². The highest BCUT2D eigenvalue weighted by Gasteiger charge is 2.36. The number of likely N-dealkylation sites (tertiary alicyclic amines) is 1. The van der Waals surface area contributed by atoms with Gasteiger partial charge in [-0.25, -0.2) is 0 Å². The summed E-state index contributed by atoms with van der Waals surface area (Å²) >= 11 is 0. The van der Waals surface area contributed by atoms with Crippen LogP contribution >= 0.6 is 0 Å².